The Morgan fingerprint density at radius 1 is 1.09 bits per heavy atom. The van der Waals surface area contributed by atoms with E-state index in [4.69, 9.17) is 17.0 Å². The van der Waals surface area contributed by atoms with Crippen molar-refractivity contribution in [1.82, 2.24) is 5.32 Å². The lowest BCUT2D eigenvalue weighted by molar-refractivity contribution is 0.0977. The molecule has 2 aromatic carbocycles. The maximum absolute atomic E-state index is 12.2. The molecule has 4 nitrogen and oxygen atoms in total. The Balaban J connectivity index is 1.92. The SMILES string of the molecule is CC(C)Oc1ccc(C(=O)NC(=S)Nc2ccc(I)cc2)cc1. The number of nitrogens with one attached hydrogen (secondary N) is 2. The lowest BCUT2D eigenvalue weighted by atomic mass is 10.2. The molecule has 120 valence electrons. The van der Waals surface area contributed by atoms with E-state index in [2.05, 4.69) is 33.2 Å². The number of hydrogen-bond donors (Lipinski definition) is 2. The molecule has 0 saturated heterocycles. The number of amides is 1. The first kappa shape index (κ1) is 17.7. The number of carbonyl (C=O) groups is 1. The minimum Gasteiger partial charge on any atom is -0.491 e. The average molecular weight is 440 g/mol. The van der Waals surface area contributed by atoms with Crippen molar-refractivity contribution in [1.29, 1.82) is 0 Å². The van der Waals surface area contributed by atoms with E-state index in [1.807, 2.05) is 38.1 Å². The van der Waals surface area contributed by atoms with Gasteiger partial charge in [0, 0.05) is 14.8 Å². The first-order valence-corrected chi connectivity index (χ1v) is 8.57. The molecule has 2 N–H and O–H groups in total. The van der Waals surface area contributed by atoms with E-state index < -0.39 is 0 Å². The summed E-state index contributed by atoms with van der Waals surface area (Å²) in [5.74, 6) is 0.472. The van der Waals surface area contributed by atoms with E-state index in [0.29, 0.717) is 5.56 Å². The highest BCUT2D eigenvalue weighted by molar-refractivity contribution is 14.1. The fourth-order valence-corrected chi connectivity index (χ4v) is 2.40. The third kappa shape index (κ3) is 5.80. The quantitative estimate of drug-likeness (QED) is 0.553. The monoisotopic (exact) mass is 440 g/mol. The van der Waals surface area contributed by atoms with Crippen LogP contribution in [0.15, 0.2) is 48.5 Å². The highest BCUT2D eigenvalue weighted by Gasteiger charge is 2.08. The van der Waals surface area contributed by atoms with Crippen molar-refractivity contribution in [3.8, 4) is 5.75 Å². The molecule has 2 aromatic rings. The Morgan fingerprint density at radius 3 is 2.26 bits per heavy atom. The van der Waals surface area contributed by atoms with Gasteiger partial charge in [0.15, 0.2) is 5.11 Å². The van der Waals surface area contributed by atoms with Crippen molar-refractivity contribution in [2.45, 2.75) is 20.0 Å². The minimum atomic E-state index is -0.260. The van der Waals surface area contributed by atoms with Crippen LogP contribution in [0, 0.1) is 3.57 Å². The fraction of sp³-hybridized carbons (Fsp3) is 0.176. The molecule has 0 heterocycles. The summed E-state index contributed by atoms with van der Waals surface area (Å²) in [6.45, 7) is 3.91. The van der Waals surface area contributed by atoms with Gasteiger partial charge >= 0.3 is 0 Å². The van der Waals surface area contributed by atoms with Crippen molar-refractivity contribution in [3.05, 3.63) is 57.7 Å². The number of rotatable bonds is 4. The second kappa shape index (κ2) is 8.26. The summed E-state index contributed by atoms with van der Waals surface area (Å²) in [7, 11) is 0. The molecule has 2 rings (SSSR count). The van der Waals surface area contributed by atoms with Crippen LogP contribution < -0.4 is 15.4 Å². The van der Waals surface area contributed by atoms with Crippen LogP contribution in [0.25, 0.3) is 0 Å². The highest BCUT2D eigenvalue weighted by atomic mass is 127. The average Bonchev–Trinajstić information content (AvgIpc) is 2.49. The molecule has 0 unspecified atom stereocenters. The summed E-state index contributed by atoms with van der Waals surface area (Å²) in [4.78, 5) is 12.2. The number of thiocarbonyl (C=S) groups is 1. The van der Waals surface area contributed by atoms with Crippen LogP contribution in [-0.2, 0) is 0 Å². The zero-order valence-electron chi connectivity index (χ0n) is 12.8. The van der Waals surface area contributed by atoms with Crippen molar-refractivity contribution in [2.24, 2.45) is 0 Å². The zero-order valence-corrected chi connectivity index (χ0v) is 15.8. The van der Waals surface area contributed by atoms with E-state index in [1.54, 1.807) is 24.3 Å². The Bertz CT molecular complexity index is 685. The summed E-state index contributed by atoms with van der Waals surface area (Å²) in [6.07, 6.45) is 0.0976. The normalized spacial score (nSPS) is 10.3. The van der Waals surface area contributed by atoms with E-state index in [0.717, 1.165) is 15.0 Å². The van der Waals surface area contributed by atoms with Gasteiger partial charge in [-0.2, -0.15) is 0 Å². The van der Waals surface area contributed by atoms with Gasteiger partial charge in [-0.05, 0) is 97.2 Å². The number of halogens is 1. The molecular formula is C17H17IN2O2S. The molecule has 0 fully saturated rings. The first-order chi connectivity index (χ1) is 10.9. The molecule has 1 amide bonds. The Morgan fingerprint density at radius 2 is 1.70 bits per heavy atom. The zero-order chi connectivity index (χ0) is 16.8. The Labute approximate surface area is 154 Å². The molecule has 0 saturated carbocycles. The van der Waals surface area contributed by atoms with Gasteiger partial charge in [-0.1, -0.05) is 0 Å². The van der Waals surface area contributed by atoms with Gasteiger partial charge in [-0.3, -0.25) is 10.1 Å². The number of anilines is 1. The fourth-order valence-electron chi connectivity index (χ4n) is 1.83. The van der Waals surface area contributed by atoms with Crippen molar-refractivity contribution < 1.29 is 9.53 Å². The standard InChI is InChI=1S/C17H17IN2O2S/c1-11(2)22-15-9-3-12(4-10-15)16(21)20-17(23)19-14-7-5-13(18)6-8-14/h3-11H,1-2H3,(H2,19,20,21,23). The summed E-state index contributed by atoms with van der Waals surface area (Å²) in [5, 5.41) is 5.90. The third-order valence-electron chi connectivity index (χ3n) is 2.82. The van der Waals surface area contributed by atoms with Crippen LogP contribution in [0.1, 0.15) is 24.2 Å². The largest absolute Gasteiger partial charge is 0.491 e. The van der Waals surface area contributed by atoms with E-state index >= 15 is 0 Å². The van der Waals surface area contributed by atoms with Gasteiger partial charge in [0.05, 0.1) is 6.10 Å². The summed E-state index contributed by atoms with van der Waals surface area (Å²) in [5.41, 5.74) is 1.35. The third-order valence-corrected chi connectivity index (χ3v) is 3.74. The molecule has 0 aliphatic heterocycles. The van der Waals surface area contributed by atoms with Crippen molar-refractivity contribution in [3.63, 3.8) is 0 Å². The topological polar surface area (TPSA) is 50.4 Å². The summed E-state index contributed by atoms with van der Waals surface area (Å²) in [6, 6.07) is 14.7. The summed E-state index contributed by atoms with van der Waals surface area (Å²) < 4.78 is 6.68. The van der Waals surface area contributed by atoms with E-state index in [1.165, 1.54) is 0 Å². The summed E-state index contributed by atoms with van der Waals surface area (Å²) >= 11 is 7.39. The van der Waals surface area contributed by atoms with Gasteiger partial charge in [-0.25, -0.2) is 0 Å². The molecular weight excluding hydrogens is 423 g/mol. The molecule has 0 bridgehead atoms. The molecule has 6 heteroatoms. The van der Waals surface area contributed by atoms with E-state index in [-0.39, 0.29) is 17.1 Å². The van der Waals surface area contributed by atoms with Crippen LogP contribution in [0.3, 0.4) is 0 Å². The van der Waals surface area contributed by atoms with Gasteiger partial charge in [-0.15, -0.1) is 0 Å². The van der Waals surface area contributed by atoms with Gasteiger partial charge in [0.2, 0.25) is 0 Å². The van der Waals surface area contributed by atoms with Gasteiger partial charge in [0.25, 0.3) is 5.91 Å². The molecule has 0 aromatic heterocycles. The lowest BCUT2D eigenvalue weighted by Crippen LogP contribution is -2.34. The first-order valence-electron chi connectivity index (χ1n) is 7.08. The number of hydrogen-bond acceptors (Lipinski definition) is 3. The van der Waals surface area contributed by atoms with E-state index in [9.17, 15) is 4.79 Å². The maximum Gasteiger partial charge on any atom is 0.257 e. The number of carbonyl (C=O) groups excluding carboxylic acids is 1. The van der Waals surface area contributed by atoms with Crippen LogP contribution in [0.4, 0.5) is 5.69 Å². The molecule has 23 heavy (non-hydrogen) atoms. The second-order valence-corrected chi connectivity index (χ2v) is 6.76. The van der Waals surface area contributed by atoms with Crippen LogP contribution in [0.5, 0.6) is 5.75 Å². The maximum atomic E-state index is 12.2. The van der Waals surface area contributed by atoms with Crippen molar-refractivity contribution >= 4 is 51.5 Å². The smallest absolute Gasteiger partial charge is 0.257 e. The molecule has 0 aliphatic carbocycles. The predicted octanol–water partition coefficient (Wildman–Crippen LogP) is 4.21. The number of benzene rings is 2. The van der Waals surface area contributed by atoms with Crippen LogP contribution in [-0.4, -0.2) is 17.1 Å². The van der Waals surface area contributed by atoms with Crippen molar-refractivity contribution in [2.75, 3.05) is 5.32 Å². The molecule has 0 spiro atoms. The Kier molecular flexibility index (Phi) is 6.35. The van der Waals surface area contributed by atoms with Crippen LogP contribution in [0.2, 0.25) is 0 Å². The highest BCUT2D eigenvalue weighted by Crippen LogP contribution is 2.14. The predicted molar refractivity (Wildman–Crippen MR) is 105 cm³/mol. The van der Waals surface area contributed by atoms with Gasteiger partial charge in [0.1, 0.15) is 5.75 Å². The van der Waals surface area contributed by atoms with Crippen LogP contribution >= 0.6 is 34.8 Å². The number of ether oxygens (including phenoxy) is 1. The minimum absolute atomic E-state index is 0.0976. The Hall–Kier alpha value is -1.67. The van der Waals surface area contributed by atoms with Gasteiger partial charge < -0.3 is 10.1 Å². The molecule has 0 radical (unpaired) electrons. The lowest BCUT2D eigenvalue weighted by Gasteiger charge is -2.11. The molecule has 0 aliphatic rings. The second-order valence-electron chi connectivity index (χ2n) is 5.11. The molecule has 0 atom stereocenters.